The van der Waals surface area contributed by atoms with E-state index in [0.717, 1.165) is 41.2 Å². The number of benzene rings is 1. The van der Waals surface area contributed by atoms with Gasteiger partial charge in [-0.05, 0) is 66.7 Å². The minimum absolute atomic E-state index is 0.142. The lowest BCUT2D eigenvalue weighted by atomic mass is 9.73. The van der Waals surface area contributed by atoms with Crippen molar-refractivity contribution in [1.82, 2.24) is 19.5 Å². The highest BCUT2D eigenvalue weighted by Crippen LogP contribution is 2.59. The quantitative estimate of drug-likeness (QED) is 0.276. The Labute approximate surface area is 220 Å². The Bertz CT molecular complexity index is 1670. The maximum absolute atomic E-state index is 5.47. The molecule has 1 fully saturated rings. The van der Waals surface area contributed by atoms with E-state index in [1.54, 1.807) is 11.1 Å². The van der Waals surface area contributed by atoms with Crippen LogP contribution in [0.1, 0.15) is 128 Å². The normalized spacial score (nSPS) is 22.2. The minimum atomic E-state index is -0.215. The van der Waals surface area contributed by atoms with Crippen LogP contribution >= 0.6 is 0 Å². The molecule has 0 amide bonds. The number of rotatable bonds is 2. The van der Waals surface area contributed by atoms with Gasteiger partial charge >= 0.3 is 0 Å². The summed E-state index contributed by atoms with van der Waals surface area (Å²) in [6.07, 6.45) is 7.95. The molecule has 2 unspecified atom stereocenters. The number of nitrogens with zero attached hydrogens (tertiary/aromatic N) is 5. The van der Waals surface area contributed by atoms with Gasteiger partial charge in [0, 0.05) is 16.4 Å². The summed E-state index contributed by atoms with van der Waals surface area (Å²) in [5.41, 5.74) is 9.74. The number of hydrogen-bond donors (Lipinski definition) is 0. The highest BCUT2D eigenvalue weighted by atomic mass is 15.2. The van der Waals surface area contributed by atoms with Gasteiger partial charge in [0.1, 0.15) is 11.1 Å². The summed E-state index contributed by atoms with van der Waals surface area (Å²) >= 11 is 0. The molecule has 1 aromatic carbocycles. The molecule has 37 heavy (non-hydrogen) atoms. The zero-order valence-electron chi connectivity index (χ0n) is 23.8. The summed E-state index contributed by atoms with van der Waals surface area (Å²) in [7, 11) is 0. The summed E-state index contributed by atoms with van der Waals surface area (Å²) in [4.78, 5) is 15.7. The van der Waals surface area contributed by atoms with Crippen LogP contribution in [0, 0.1) is 0 Å². The van der Waals surface area contributed by atoms with Crippen LogP contribution in [0.3, 0.4) is 0 Å². The molecule has 0 radical (unpaired) electrons. The van der Waals surface area contributed by atoms with Crippen LogP contribution in [-0.4, -0.2) is 19.5 Å². The third kappa shape index (κ3) is 2.71. The fraction of sp³-hybridized carbons (Fsp3) is 0.562. The van der Waals surface area contributed by atoms with E-state index < -0.39 is 0 Å². The van der Waals surface area contributed by atoms with Crippen LogP contribution in [-0.2, 0) is 16.4 Å². The van der Waals surface area contributed by atoms with Gasteiger partial charge in [-0.2, -0.15) is 4.40 Å². The van der Waals surface area contributed by atoms with Crippen LogP contribution in [0.2, 0.25) is 0 Å². The van der Waals surface area contributed by atoms with E-state index in [9.17, 15) is 0 Å². The van der Waals surface area contributed by atoms with E-state index in [-0.39, 0.29) is 16.4 Å². The van der Waals surface area contributed by atoms with E-state index in [1.807, 2.05) is 0 Å². The molecule has 4 aromatic rings. The summed E-state index contributed by atoms with van der Waals surface area (Å²) in [5, 5.41) is 1.28. The standard InChI is InChI=1S/C32H40N5/c1-10-32(11-2)17(3)23-24-19-13-12-18(14-19)20(24)15-21-25(23)27-36(29(34-21)31(7,8)9)26-22(37(27)32)16-33-28(35-26)30(4,5)6/h15-16,18-19H,3,10-14H2,1-2,4-9H3/q+1. The fourth-order valence-electron chi connectivity index (χ4n) is 7.89. The van der Waals surface area contributed by atoms with E-state index >= 15 is 0 Å². The predicted molar refractivity (Wildman–Crippen MR) is 150 cm³/mol. The predicted octanol–water partition coefficient (Wildman–Crippen LogP) is 7.22. The molecular formula is C32H40N5+. The van der Waals surface area contributed by atoms with Crippen molar-refractivity contribution < 1.29 is 4.40 Å². The molecule has 3 aromatic heterocycles. The van der Waals surface area contributed by atoms with Gasteiger partial charge in [0.25, 0.3) is 5.65 Å². The number of imidazole rings is 1. The van der Waals surface area contributed by atoms with Crippen LogP contribution in [0.15, 0.2) is 18.8 Å². The Kier molecular flexibility index (Phi) is 4.39. The smallest absolute Gasteiger partial charge is 0.259 e. The summed E-state index contributed by atoms with van der Waals surface area (Å²) in [6, 6.07) is 2.44. The third-order valence-corrected chi connectivity index (χ3v) is 9.75. The first-order chi connectivity index (χ1) is 17.4. The molecule has 7 rings (SSSR count). The van der Waals surface area contributed by atoms with Gasteiger partial charge in [-0.15, -0.1) is 9.97 Å². The lowest BCUT2D eigenvalue weighted by molar-refractivity contribution is -0.503. The second kappa shape index (κ2) is 6.98. The van der Waals surface area contributed by atoms with E-state index in [2.05, 4.69) is 76.6 Å². The van der Waals surface area contributed by atoms with Gasteiger partial charge in [0.05, 0.1) is 11.6 Å². The van der Waals surface area contributed by atoms with Crippen molar-refractivity contribution in [1.29, 1.82) is 0 Å². The first-order valence-corrected chi connectivity index (χ1v) is 14.3. The zero-order valence-corrected chi connectivity index (χ0v) is 23.8. The Balaban J connectivity index is 1.79. The Morgan fingerprint density at radius 1 is 1.03 bits per heavy atom. The first kappa shape index (κ1) is 23.3. The maximum atomic E-state index is 5.47. The molecule has 0 saturated heterocycles. The molecule has 1 saturated carbocycles. The summed E-state index contributed by atoms with van der Waals surface area (Å²) in [6.45, 7) is 22.9. The average molecular weight is 495 g/mol. The lowest BCUT2D eigenvalue weighted by Crippen LogP contribution is -2.42. The van der Waals surface area contributed by atoms with Crippen LogP contribution in [0.5, 0.6) is 0 Å². The molecule has 4 heterocycles. The molecule has 5 heteroatoms. The fourth-order valence-corrected chi connectivity index (χ4v) is 7.89. The number of aromatic nitrogens is 5. The SMILES string of the molecule is C=C1c2c3c(cc4nc(C(C)(C)C)[n+]5c6nc(C(C)(C)C)ncc6n(c5c24)C1(CC)CC)C1CCC3C1. The average Bonchev–Trinajstić information content (AvgIpc) is 3.54. The number of hydrogen-bond acceptors (Lipinski definition) is 3. The number of allylic oxidation sites excluding steroid dienone is 1. The zero-order chi connectivity index (χ0) is 26.2. The monoisotopic (exact) mass is 494 g/mol. The van der Waals surface area contributed by atoms with Crippen molar-refractivity contribution in [3.8, 4) is 0 Å². The van der Waals surface area contributed by atoms with Crippen LogP contribution in [0.25, 0.3) is 33.3 Å². The second-order valence-corrected chi connectivity index (χ2v) is 13.9. The molecule has 0 spiro atoms. The van der Waals surface area contributed by atoms with Crippen LogP contribution < -0.4 is 4.40 Å². The van der Waals surface area contributed by atoms with E-state index in [1.165, 1.54) is 41.4 Å². The van der Waals surface area contributed by atoms with Gasteiger partial charge in [0.15, 0.2) is 11.3 Å². The minimum Gasteiger partial charge on any atom is -0.259 e. The molecule has 5 nitrogen and oxygen atoms in total. The van der Waals surface area contributed by atoms with E-state index in [4.69, 9.17) is 21.5 Å². The van der Waals surface area contributed by atoms with Crippen LogP contribution in [0.4, 0.5) is 0 Å². The van der Waals surface area contributed by atoms with Gasteiger partial charge in [-0.1, -0.05) is 62.0 Å². The lowest BCUT2D eigenvalue weighted by Gasteiger charge is -2.39. The molecule has 2 aliphatic carbocycles. The van der Waals surface area contributed by atoms with Crippen molar-refractivity contribution in [2.45, 2.75) is 116 Å². The molecular weight excluding hydrogens is 454 g/mol. The number of fused-ring (bicyclic) bond motifs is 9. The van der Waals surface area contributed by atoms with Crippen molar-refractivity contribution in [2.75, 3.05) is 0 Å². The molecule has 1 aliphatic heterocycles. The Hall–Kier alpha value is -2.82. The van der Waals surface area contributed by atoms with Crippen molar-refractivity contribution in [3.63, 3.8) is 0 Å². The van der Waals surface area contributed by atoms with Gasteiger partial charge in [-0.25, -0.2) is 4.98 Å². The highest BCUT2D eigenvalue weighted by Gasteiger charge is 2.50. The maximum Gasteiger partial charge on any atom is 0.276 e. The molecule has 2 bridgehead atoms. The topological polar surface area (TPSA) is 47.7 Å². The van der Waals surface area contributed by atoms with Crippen molar-refractivity contribution in [2.24, 2.45) is 0 Å². The Morgan fingerprint density at radius 3 is 2.38 bits per heavy atom. The molecule has 2 atom stereocenters. The molecule has 192 valence electrons. The van der Waals surface area contributed by atoms with Gasteiger partial charge in [-0.3, -0.25) is 4.57 Å². The second-order valence-electron chi connectivity index (χ2n) is 13.9. The molecule has 0 N–H and O–H groups in total. The highest BCUT2D eigenvalue weighted by molar-refractivity contribution is 6.06. The van der Waals surface area contributed by atoms with Gasteiger partial charge < -0.3 is 0 Å². The summed E-state index contributed by atoms with van der Waals surface area (Å²) in [5.74, 6) is 3.28. The van der Waals surface area contributed by atoms with E-state index in [0.29, 0.717) is 11.8 Å². The third-order valence-electron chi connectivity index (χ3n) is 9.75. The van der Waals surface area contributed by atoms with Gasteiger partial charge in [0.2, 0.25) is 11.5 Å². The van der Waals surface area contributed by atoms with Crippen molar-refractivity contribution in [3.05, 3.63) is 47.2 Å². The largest absolute Gasteiger partial charge is 0.276 e. The van der Waals surface area contributed by atoms with Crippen molar-refractivity contribution >= 4 is 33.3 Å². The first-order valence-electron chi connectivity index (χ1n) is 14.3. The molecule has 3 aliphatic rings. The summed E-state index contributed by atoms with van der Waals surface area (Å²) < 4.78 is 4.95. The Morgan fingerprint density at radius 2 is 1.73 bits per heavy atom.